The van der Waals surface area contributed by atoms with Crippen molar-refractivity contribution in [2.24, 2.45) is 0 Å². The van der Waals surface area contributed by atoms with E-state index < -0.39 is 0 Å². The minimum atomic E-state index is -0.0697. The van der Waals surface area contributed by atoms with Crippen LogP contribution in [-0.2, 0) is 0 Å². The monoisotopic (exact) mass is 228 g/mol. The average molecular weight is 228 g/mol. The van der Waals surface area contributed by atoms with Crippen LogP contribution in [0.2, 0.25) is 0 Å². The highest BCUT2D eigenvalue weighted by atomic mass is 16.2. The zero-order chi connectivity index (χ0) is 12.5. The van der Waals surface area contributed by atoms with E-state index in [4.69, 9.17) is 5.26 Å². The van der Waals surface area contributed by atoms with Crippen LogP contribution in [-0.4, -0.2) is 22.9 Å². The highest BCUT2D eigenvalue weighted by Gasteiger charge is 2.35. The van der Waals surface area contributed by atoms with Gasteiger partial charge >= 0.3 is 0 Å². The van der Waals surface area contributed by atoms with E-state index in [9.17, 15) is 4.79 Å². The predicted molar refractivity (Wildman–Crippen MR) is 65.5 cm³/mol. The van der Waals surface area contributed by atoms with Gasteiger partial charge in [0.15, 0.2) is 0 Å². The van der Waals surface area contributed by atoms with Gasteiger partial charge < -0.3 is 4.90 Å². The van der Waals surface area contributed by atoms with Gasteiger partial charge in [-0.05, 0) is 44.9 Å². The Morgan fingerprint density at radius 1 is 1.47 bits per heavy atom. The molecule has 1 amide bonds. The van der Waals surface area contributed by atoms with E-state index in [1.165, 1.54) is 0 Å². The van der Waals surface area contributed by atoms with Crippen LogP contribution >= 0.6 is 0 Å². The van der Waals surface area contributed by atoms with Crippen molar-refractivity contribution >= 4 is 5.91 Å². The Balaban J connectivity index is 2.28. The third-order valence-corrected chi connectivity index (χ3v) is 3.38. The topological polar surface area (TPSA) is 44.1 Å². The lowest BCUT2D eigenvalue weighted by molar-refractivity contribution is 0.0652. The molecule has 0 spiro atoms. The van der Waals surface area contributed by atoms with Gasteiger partial charge in [-0.1, -0.05) is 6.07 Å². The van der Waals surface area contributed by atoms with Crippen LogP contribution in [0.25, 0.3) is 0 Å². The van der Waals surface area contributed by atoms with E-state index in [-0.39, 0.29) is 11.4 Å². The third-order valence-electron chi connectivity index (χ3n) is 3.38. The second-order valence-electron chi connectivity index (χ2n) is 5.07. The van der Waals surface area contributed by atoms with Gasteiger partial charge in [-0.25, -0.2) is 0 Å². The summed E-state index contributed by atoms with van der Waals surface area (Å²) >= 11 is 0. The van der Waals surface area contributed by atoms with Gasteiger partial charge in [-0.2, -0.15) is 5.26 Å². The minimum Gasteiger partial charge on any atom is -0.334 e. The minimum absolute atomic E-state index is 0.0320. The first-order chi connectivity index (χ1) is 8.04. The van der Waals surface area contributed by atoms with Crippen LogP contribution in [0.5, 0.6) is 0 Å². The fourth-order valence-corrected chi connectivity index (χ4v) is 2.36. The van der Waals surface area contributed by atoms with Gasteiger partial charge in [-0.3, -0.25) is 4.79 Å². The fourth-order valence-electron chi connectivity index (χ4n) is 2.36. The quantitative estimate of drug-likeness (QED) is 0.741. The first kappa shape index (κ1) is 11.7. The number of hydrogen-bond donors (Lipinski definition) is 0. The number of carbonyl (C=O) groups excluding carboxylic acids is 1. The molecule has 88 valence electrons. The van der Waals surface area contributed by atoms with Gasteiger partial charge in [0.1, 0.15) is 0 Å². The molecule has 3 nitrogen and oxygen atoms in total. The maximum absolute atomic E-state index is 12.3. The standard InChI is InChI=1S/C14H16N2O/c1-14(2)7-4-8-16(14)13(17)12-6-3-5-11(9-12)10-15/h3,5-6,9H,4,7-8H2,1-2H3. The van der Waals surface area contributed by atoms with Crippen molar-refractivity contribution in [2.75, 3.05) is 6.54 Å². The van der Waals surface area contributed by atoms with Crippen LogP contribution in [0, 0.1) is 11.3 Å². The van der Waals surface area contributed by atoms with Crippen molar-refractivity contribution < 1.29 is 4.79 Å². The van der Waals surface area contributed by atoms with Crippen molar-refractivity contribution in [1.82, 2.24) is 4.90 Å². The summed E-state index contributed by atoms with van der Waals surface area (Å²) in [5, 5.41) is 8.84. The predicted octanol–water partition coefficient (Wildman–Crippen LogP) is 2.57. The Morgan fingerprint density at radius 2 is 2.24 bits per heavy atom. The molecular formula is C14H16N2O. The molecule has 0 aromatic heterocycles. The molecule has 0 aliphatic carbocycles. The number of amides is 1. The lowest BCUT2D eigenvalue weighted by atomic mass is 10.0. The second kappa shape index (κ2) is 4.21. The number of rotatable bonds is 1. The molecule has 17 heavy (non-hydrogen) atoms. The molecule has 3 heteroatoms. The van der Waals surface area contributed by atoms with Gasteiger partial charge in [0.05, 0.1) is 11.6 Å². The number of nitrogens with zero attached hydrogens (tertiary/aromatic N) is 2. The van der Waals surface area contributed by atoms with Crippen LogP contribution < -0.4 is 0 Å². The molecule has 0 atom stereocenters. The summed E-state index contributed by atoms with van der Waals surface area (Å²) in [6, 6.07) is 8.97. The average Bonchev–Trinajstić information content (AvgIpc) is 2.68. The smallest absolute Gasteiger partial charge is 0.254 e. The molecule has 1 heterocycles. The summed E-state index contributed by atoms with van der Waals surface area (Å²) in [6.45, 7) is 4.99. The van der Waals surface area contributed by atoms with Crippen molar-refractivity contribution in [2.45, 2.75) is 32.2 Å². The SMILES string of the molecule is CC1(C)CCCN1C(=O)c1cccc(C#N)c1. The molecule has 1 saturated heterocycles. The third kappa shape index (κ3) is 2.16. The van der Waals surface area contributed by atoms with Crippen molar-refractivity contribution in [3.05, 3.63) is 35.4 Å². The Morgan fingerprint density at radius 3 is 2.82 bits per heavy atom. The van der Waals surface area contributed by atoms with E-state index in [1.54, 1.807) is 24.3 Å². The molecule has 0 unspecified atom stereocenters. The van der Waals surface area contributed by atoms with Gasteiger partial charge in [0, 0.05) is 17.6 Å². The molecule has 1 aromatic rings. The molecule has 1 fully saturated rings. The summed E-state index contributed by atoms with van der Waals surface area (Å²) < 4.78 is 0. The molecule has 0 N–H and O–H groups in total. The number of carbonyl (C=O) groups is 1. The summed E-state index contributed by atoms with van der Waals surface area (Å²) in [5.41, 5.74) is 1.08. The Labute approximate surface area is 102 Å². The number of nitriles is 1. The van der Waals surface area contributed by atoms with Gasteiger partial charge in [0.2, 0.25) is 0 Å². The summed E-state index contributed by atoms with van der Waals surface area (Å²) in [4.78, 5) is 14.3. The largest absolute Gasteiger partial charge is 0.334 e. The molecular weight excluding hydrogens is 212 g/mol. The number of hydrogen-bond acceptors (Lipinski definition) is 2. The second-order valence-corrected chi connectivity index (χ2v) is 5.07. The maximum atomic E-state index is 12.3. The van der Waals surface area contributed by atoms with E-state index in [0.717, 1.165) is 19.4 Å². The molecule has 1 aromatic carbocycles. The van der Waals surface area contributed by atoms with E-state index in [2.05, 4.69) is 19.9 Å². The van der Waals surface area contributed by atoms with Gasteiger partial charge in [-0.15, -0.1) is 0 Å². The Hall–Kier alpha value is -1.82. The molecule has 0 saturated carbocycles. The molecule has 1 aliphatic heterocycles. The summed E-state index contributed by atoms with van der Waals surface area (Å²) in [7, 11) is 0. The normalized spacial score (nSPS) is 17.8. The van der Waals surface area contributed by atoms with Crippen molar-refractivity contribution in [3.63, 3.8) is 0 Å². The fraction of sp³-hybridized carbons (Fsp3) is 0.429. The van der Waals surface area contributed by atoms with Crippen LogP contribution in [0.4, 0.5) is 0 Å². The first-order valence-corrected chi connectivity index (χ1v) is 5.87. The molecule has 1 aliphatic rings. The van der Waals surface area contributed by atoms with E-state index in [0.29, 0.717) is 11.1 Å². The maximum Gasteiger partial charge on any atom is 0.254 e. The molecule has 2 rings (SSSR count). The van der Waals surface area contributed by atoms with Crippen molar-refractivity contribution in [3.8, 4) is 6.07 Å². The lowest BCUT2D eigenvalue weighted by Gasteiger charge is -2.31. The molecule has 0 radical (unpaired) electrons. The van der Waals surface area contributed by atoms with Crippen molar-refractivity contribution in [1.29, 1.82) is 5.26 Å². The van der Waals surface area contributed by atoms with Crippen LogP contribution in [0.3, 0.4) is 0 Å². The highest BCUT2D eigenvalue weighted by molar-refractivity contribution is 5.95. The Bertz CT molecular complexity index is 485. The van der Waals surface area contributed by atoms with Crippen LogP contribution in [0.1, 0.15) is 42.6 Å². The van der Waals surface area contributed by atoms with Gasteiger partial charge in [0.25, 0.3) is 5.91 Å². The van der Waals surface area contributed by atoms with E-state index >= 15 is 0 Å². The zero-order valence-corrected chi connectivity index (χ0v) is 10.2. The summed E-state index contributed by atoms with van der Waals surface area (Å²) in [6.07, 6.45) is 2.09. The Kier molecular flexibility index (Phi) is 2.89. The molecule has 0 bridgehead atoms. The van der Waals surface area contributed by atoms with E-state index in [1.807, 2.05) is 4.90 Å². The highest BCUT2D eigenvalue weighted by Crippen LogP contribution is 2.29. The number of likely N-dealkylation sites (tertiary alicyclic amines) is 1. The number of benzene rings is 1. The van der Waals surface area contributed by atoms with Crippen LogP contribution in [0.15, 0.2) is 24.3 Å². The first-order valence-electron chi connectivity index (χ1n) is 5.87. The summed E-state index contributed by atoms with van der Waals surface area (Å²) in [5.74, 6) is 0.0320. The lowest BCUT2D eigenvalue weighted by Crippen LogP contribution is -2.42. The zero-order valence-electron chi connectivity index (χ0n) is 10.2.